The first-order valence-corrected chi connectivity index (χ1v) is 10.4. The van der Waals surface area contributed by atoms with Crippen LogP contribution in [0.4, 0.5) is 0 Å². The van der Waals surface area contributed by atoms with Gasteiger partial charge in [0.25, 0.3) is 0 Å². The fourth-order valence-electron chi connectivity index (χ4n) is 4.72. The fraction of sp³-hybridized carbons (Fsp3) is 0.900. The van der Waals surface area contributed by atoms with Gasteiger partial charge in [-0.3, -0.25) is 9.59 Å². The smallest absolute Gasteiger partial charge is 0.225 e. The molecule has 0 spiro atoms. The second-order valence-corrected chi connectivity index (χ2v) is 8.02. The van der Waals surface area contributed by atoms with E-state index < -0.39 is 0 Å². The molecule has 2 aliphatic heterocycles. The van der Waals surface area contributed by atoms with Gasteiger partial charge in [0, 0.05) is 37.6 Å². The van der Waals surface area contributed by atoms with Crippen LogP contribution >= 0.6 is 0 Å². The number of ether oxygens (including phenoxy) is 1. The Bertz CT molecular complexity index is 454. The van der Waals surface area contributed by atoms with E-state index in [0.717, 1.165) is 70.9 Å². The molecule has 2 heterocycles. The molecule has 2 atom stereocenters. The number of piperidine rings is 1. The van der Waals surface area contributed by atoms with Gasteiger partial charge in [-0.25, -0.2) is 0 Å². The highest BCUT2D eigenvalue weighted by molar-refractivity contribution is 5.81. The third-order valence-corrected chi connectivity index (χ3v) is 6.36. The van der Waals surface area contributed by atoms with Crippen LogP contribution in [-0.2, 0) is 14.3 Å². The van der Waals surface area contributed by atoms with E-state index in [4.69, 9.17) is 4.74 Å². The Morgan fingerprint density at radius 3 is 2.44 bits per heavy atom. The van der Waals surface area contributed by atoms with Crippen molar-refractivity contribution in [1.82, 2.24) is 10.2 Å². The number of nitrogens with zero attached hydrogens (tertiary/aromatic N) is 1. The van der Waals surface area contributed by atoms with Crippen LogP contribution in [0.3, 0.4) is 0 Å². The van der Waals surface area contributed by atoms with Gasteiger partial charge >= 0.3 is 0 Å². The molecule has 0 aromatic rings. The zero-order valence-corrected chi connectivity index (χ0v) is 15.7. The quantitative estimate of drug-likeness (QED) is 0.829. The van der Waals surface area contributed by atoms with Crippen molar-refractivity contribution >= 4 is 11.8 Å². The molecule has 0 bridgehead atoms. The lowest BCUT2D eigenvalue weighted by molar-refractivity contribution is -0.142. The summed E-state index contributed by atoms with van der Waals surface area (Å²) >= 11 is 0. The summed E-state index contributed by atoms with van der Waals surface area (Å²) in [5.74, 6) is 0.721. The van der Waals surface area contributed by atoms with Gasteiger partial charge in [-0.1, -0.05) is 6.92 Å². The van der Waals surface area contributed by atoms with Crippen LogP contribution in [0.1, 0.15) is 71.1 Å². The molecular weight excluding hydrogens is 316 g/mol. The first-order chi connectivity index (χ1) is 12.2. The Labute approximate surface area is 151 Å². The Morgan fingerprint density at radius 1 is 1.00 bits per heavy atom. The highest BCUT2D eigenvalue weighted by Crippen LogP contribution is 2.32. The zero-order chi connectivity index (χ0) is 17.6. The van der Waals surface area contributed by atoms with Crippen LogP contribution in [0.5, 0.6) is 0 Å². The van der Waals surface area contributed by atoms with Crippen LogP contribution in [0.2, 0.25) is 0 Å². The van der Waals surface area contributed by atoms with Crippen molar-refractivity contribution in [3.63, 3.8) is 0 Å². The minimum absolute atomic E-state index is 0.0776. The topological polar surface area (TPSA) is 58.6 Å². The Morgan fingerprint density at radius 2 is 1.76 bits per heavy atom. The largest absolute Gasteiger partial charge is 0.376 e. The zero-order valence-electron chi connectivity index (χ0n) is 15.7. The second-order valence-electron chi connectivity index (χ2n) is 8.02. The summed E-state index contributed by atoms with van der Waals surface area (Å²) in [6.45, 7) is 4.58. The van der Waals surface area contributed by atoms with Crippen LogP contribution in [0.15, 0.2) is 0 Å². The molecule has 5 heteroatoms. The lowest BCUT2D eigenvalue weighted by atomic mass is 9.80. The molecule has 1 saturated carbocycles. The highest BCUT2D eigenvalue weighted by atomic mass is 16.5. The maximum atomic E-state index is 12.9. The Hall–Kier alpha value is -1.10. The summed E-state index contributed by atoms with van der Waals surface area (Å²) in [6, 6.07) is 0.439. The predicted molar refractivity (Wildman–Crippen MR) is 97.1 cm³/mol. The highest BCUT2D eigenvalue weighted by Gasteiger charge is 2.35. The van der Waals surface area contributed by atoms with Crippen molar-refractivity contribution in [1.29, 1.82) is 0 Å². The van der Waals surface area contributed by atoms with Crippen molar-refractivity contribution in [2.24, 2.45) is 11.8 Å². The SMILES string of the molecule is CCC1CCCCN1C(=O)C1CCC(C(=O)NCC2CCCO2)CC1. The number of nitrogens with one attached hydrogen (secondary N) is 1. The number of hydrogen-bond donors (Lipinski definition) is 1. The van der Waals surface area contributed by atoms with Crippen molar-refractivity contribution in [3.05, 3.63) is 0 Å². The summed E-state index contributed by atoms with van der Waals surface area (Å²) in [6.07, 6.45) is 10.4. The second kappa shape index (κ2) is 9.02. The van der Waals surface area contributed by atoms with E-state index >= 15 is 0 Å². The predicted octanol–water partition coefficient (Wildman–Crippen LogP) is 2.88. The number of carbonyl (C=O) groups is 2. The minimum Gasteiger partial charge on any atom is -0.376 e. The average molecular weight is 351 g/mol. The number of rotatable bonds is 5. The van der Waals surface area contributed by atoms with Gasteiger partial charge in [0.05, 0.1) is 6.10 Å². The molecule has 5 nitrogen and oxygen atoms in total. The third-order valence-electron chi connectivity index (χ3n) is 6.36. The summed E-state index contributed by atoms with van der Waals surface area (Å²) in [7, 11) is 0. The van der Waals surface area contributed by atoms with Crippen molar-refractivity contribution in [2.75, 3.05) is 19.7 Å². The van der Waals surface area contributed by atoms with E-state index in [2.05, 4.69) is 17.1 Å². The molecule has 2 unspecified atom stereocenters. The van der Waals surface area contributed by atoms with E-state index in [1.807, 2.05) is 0 Å². The maximum absolute atomic E-state index is 12.9. The molecule has 25 heavy (non-hydrogen) atoms. The van der Waals surface area contributed by atoms with Gasteiger partial charge in [-0.2, -0.15) is 0 Å². The van der Waals surface area contributed by atoms with Gasteiger partial charge in [-0.15, -0.1) is 0 Å². The Kier molecular flexibility index (Phi) is 6.74. The standard InChI is InChI=1S/C20H34N2O3/c1-2-17-6-3-4-12-22(17)20(24)16-10-8-15(9-11-16)19(23)21-14-18-7-5-13-25-18/h15-18H,2-14H2,1H3,(H,21,23). The Balaban J connectivity index is 1.42. The first kappa shape index (κ1) is 18.7. The molecule has 0 aromatic heterocycles. The van der Waals surface area contributed by atoms with Gasteiger partial charge in [0.1, 0.15) is 0 Å². The average Bonchev–Trinajstić information content (AvgIpc) is 3.19. The van der Waals surface area contributed by atoms with Gasteiger partial charge in [0.2, 0.25) is 11.8 Å². The van der Waals surface area contributed by atoms with Crippen molar-refractivity contribution in [3.8, 4) is 0 Å². The molecule has 2 saturated heterocycles. The number of amides is 2. The molecule has 1 aliphatic carbocycles. The van der Waals surface area contributed by atoms with E-state index in [1.54, 1.807) is 0 Å². The molecule has 1 N–H and O–H groups in total. The van der Waals surface area contributed by atoms with Gasteiger partial charge in [-0.05, 0) is 64.2 Å². The first-order valence-electron chi connectivity index (χ1n) is 10.4. The molecule has 3 fully saturated rings. The molecule has 3 aliphatic rings. The van der Waals surface area contributed by atoms with Crippen LogP contribution < -0.4 is 5.32 Å². The van der Waals surface area contributed by atoms with Crippen molar-refractivity contribution < 1.29 is 14.3 Å². The van der Waals surface area contributed by atoms with Crippen LogP contribution in [0, 0.1) is 11.8 Å². The summed E-state index contributed by atoms with van der Waals surface area (Å²) < 4.78 is 5.56. The van der Waals surface area contributed by atoms with Gasteiger partial charge < -0.3 is 15.0 Å². The maximum Gasteiger partial charge on any atom is 0.225 e. The van der Waals surface area contributed by atoms with E-state index in [9.17, 15) is 9.59 Å². The molecule has 0 aromatic carbocycles. The lowest BCUT2D eigenvalue weighted by Gasteiger charge is -2.39. The molecule has 2 amide bonds. The molecule has 142 valence electrons. The third kappa shape index (κ3) is 4.75. The van der Waals surface area contributed by atoms with Crippen molar-refractivity contribution in [2.45, 2.75) is 83.3 Å². The van der Waals surface area contributed by atoms with E-state index in [1.165, 1.54) is 6.42 Å². The number of likely N-dealkylation sites (tertiary alicyclic amines) is 1. The summed E-state index contributed by atoms with van der Waals surface area (Å²) in [5, 5.41) is 3.06. The molecule has 0 radical (unpaired) electrons. The number of carbonyl (C=O) groups excluding carboxylic acids is 2. The van der Waals surface area contributed by atoms with Gasteiger partial charge in [0.15, 0.2) is 0 Å². The number of hydrogen-bond acceptors (Lipinski definition) is 3. The summed E-state index contributed by atoms with van der Waals surface area (Å²) in [4.78, 5) is 27.4. The fourth-order valence-corrected chi connectivity index (χ4v) is 4.72. The normalized spacial score (nSPS) is 33.2. The van der Waals surface area contributed by atoms with Crippen LogP contribution in [0.25, 0.3) is 0 Å². The monoisotopic (exact) mass is 350 g/mol. The summed E-state index contributed by atoms with van der Waals surface area (Å²) in [5.41, 5.74) is 0. The minimum atomic E-state index is 0.0776. The molecule has 3 rings (SSSR count). The lowest BCUT2D eigenvalue weighted by Crippen LogP contribution is -2.47. The molecular formula is C20H34N2O3. The van der Waals surface area contributed by atoms with E-state index in [0.29, 0.717) is 18.5 Å². The van der Waals surface area contributed by atoms with Crippen LogP contribution in [-0.4, -0.2) is 48.6 Å². The van der Waals surface area contributed by atoms with E-state index in [-0.39, 0.29) is 23.8 Å².